The highest BCUT2D eigenvalue weighted by atomic mass is 19.1. The number of hydrogen-bond donors (Lipinski definition) is 2. The lowest BCUT2D eigenvalue weighted by atomic mass is 10.2. The molecule has 0 aliphatic heterocycles. The number of benzene rings is 1. The van der Waals surface area contributed by atoms with E-state index >= 15 is 0 Å². The number of rotatable bonds is 2. The highest BCUT2D eigenvalue weighted by Gasteiger charge is 2.14. The average molecular weight is 183 g/mol. The number of carbonyl (C=O) groups excluding carboxylic acids is 1. The number of carbonyl (C=O) groups is 1. The zero-order valence-electron chi connectivity index (χ0n) is 7.17. The summed E-state index contributed by atoms with van der Waals surface area (Å²) in [5.74, 6) is -1.66. The highest BCUT2D eigenvalue weighted by Crippen LogP contribution is 2.19. The van der Waals surface area contributed by atoms with Crippen LogP contribution in [0.2, 0.25) is 0 Å². The fourth-order valence-electron chi connectivity index (χ4n) is 0.986. The quantitative estimate of drug-likeness (QED) is 0.725. The molecule has 70 valence electrons. The first kappa shape index (κ1) is 9.51. The van der Waals surface area contributed by atoms with Gasteiger partial charge in [-0.05, 0) is 19.1 Å². The van der Waals surface area contributed by atoms with Crippen molar-refractivity contribution in [3.05, 3.63) is 29.6 Å². The summed E-state index contributed by atoms with van der Waals surface area (Å²) in [7, 11) is 0. The minimum absolute atomic E-state index is 0.302. The number of amides is 1. The molecular formula is C9H10FNO2. The molecule has 0 bridgehead atoms. The van der Waals surface area contributed by atoms with Gasteiger partial charge in [0.05, 0.1) is 0 Å². The molecule has 0 aromatic heterocycles. The summed E-state index contributed by atoms with van der Waals surface area (Å²) in [6, 6.07) is 3.74. The van der Waals surface area contributed by atoms with Gasteiger partial charge in [0.15, 0.2) is 0 Å². The van der Waals surface area contributed by atoms with Gasteiger partial charge in [0.1, 0.15) is 17.1 Å². The van der Waals surface area contributed by atoms with Crippen LogP contribution in [0.3, 0.4) is 0 Å². The molecule has 0 atom stereocenters. The van der Waals surface area contributed by atoms with Gasteiger partial charge in [0.2, 0.25) is 0 Å². The van der Waals surface area contributed by atoms with Crippen LogP contribution in [0.15, 0.2) is 18.2 Å². The van der Waals surface area contributed by atoms with Crippen molar-refractivity contribution in [3.63, 3.8) is 0 Å². The van der Waals surface area contributed by atoms with Crippen LogP contribution in [0.4, 0.5) is 4.39 Å². The Morgan fingerprint density at radius 2 is 2.31 bits per heavy atom. The van der Waals surface area contributed by atoms with Gasteiger partial charge in [0, 0.05) is 6.54 Å². The maximum Gasteiger partial charge on any atom is 0.258 e. The molecule has 0 unspecified atom stereocenters. The fraction of sp³-hybridized carbons (Fsp3) is 0.222. The lowest BCUT2D eigenvalue weighted by Gasteiger charge is -2.04. The second-order valence-electron chi connectivity index (χ2n) is 2.49. The maximum atomic E-state index is 13.0. The Labute approximate surface area is 75.2 Å². The molecule has 2 N–H and O–H groups in total. The van der Waals surface area contributed by atoms with E-state index in [1.165, 1.54) is 12.1 Å². The zero-order chi connectivity index (χ0) is 9.84. The summed E-state index contributed by atoms with van der Waals surface area (Å²) in [5.41, 5.74) is -0.302. The molecule has 0 saturated heterocycles. The minimum atomic E-state index is -0.717. The Bertz CT molecular complexity index is 305. The lowest BCUT2D eigenvalue weighted by Crippen LogP contribution is -2.23. The van der Waals surface area contributed by atoms with Gasteiger partial charge in [-0.15, -0.1) is 0 Å². The van der Waals surface area contributed by atoms with E-state index in [1.807, 2.05) is 0 Å². The maximum absolute atomic E-state index is 13.0. The van der Waals surface area contributed by atoms with Gasteiger partial charge < -0.3 is 10.4 Å². The molecule has 0 aliphatic carbocycles. The fourth-order valence-corrected chi connectivity index (χ4v) is 0.986. The van der Waals surface area contributed by atoms with E-state index in [-0.39, 0.29) is 11.3 Å². The molecule has 0 radical (unpaired) electrons. The van der Waals surface area contributed by atoms with Crippen LogP contribution in [0.5, 0.6) is 5.75 Å². The zero-order valence-corrected chi connectivity index (χ0v) is 7.17. The first-order valence-corrected chi connectivity index (χ1v) is 3.92. The Hall–Kier alpha value is -1.58. The predicted molar refractivity (Wildman–Crippen MR) is 46.1 cm³/mol. The monoisotopic (exact) mass is 183 g/mol. The Morgan fingerprint density at radius 1 is 1.62 bits per heavy atom. The van der Waals surface area contributed by atoms with Crippen LogP contribution in [0.25, 0.3) is 0 Å². The van der Waals surface area contributed by atoms with E-state index in [1.54, 1.807) is 6.92 Å². The summed E-state index contributed by atoms with van der Waals surface area (Å²) >= 11 is 0. The summed E-state index contributed by atoms with van der Waals surface area (Å²) in [4.78, 5) is 11.2. The van der Waals surface area contributed by atoms with Gasteiger partial charge in [-0.25, -0.2) is 4.39 Å². The van der Waals surface area contributed by atoms with Crippen LogP contribution in [-0.2, 0) is 0 Å². The van der Waals surface area contributed by atoms with Crippen LogP contribution in [0, 0.1) is 5.82 Å². The number of halogens is 1. The molecule has 13 heavy (non-hydrogen) atoms. The lowest BCUT2D eigenvalue weighted by molar-refractivity contribution is 0.0949. The van der Waals surface area contributed by atoms with Crippen LogP contribution in [-0.4, -0.2) is 17.6 Å². The minimum Gasteiger partial charge on any atom is -0.507 e. The molecule has 0 saturated carbocycles. The van der Waals surface area contributed by atoms with Crippen molar-refractivity contribution in [2.75, 3.05) is 6.54 Å². The van der Waals surface area contributed by atoms with Gasteiger partial charge in [-0.1, -0.05) is 6.07 Å². The third-order valence-corrected chi connectivity index (χ3v) is 1.56. The molecule has 0 heterocycles. The van der Waals surface area contributed by atoms with Gasteiger partial charge in [0.25, 0.3) is 5.91 Å². The number of phenolic OH excluding ortho intramolecular Hbond substituents is 1. The van der Waals surface area contributed by atoms with Crippen LogP contribution in [0.1, 0.15) is 17.3 Å². The van der Waals surface area contributed by atoms with Crippen molar-refractivity contribution < 1.29 is 14.3 Å². The van der Waals surface area contributed by atoms with Crippen LogP contribution < -0.4 is 5.32 Å². The highest BCUT2D eigenvalue weighted by molar-refractivity contribution is 5.96. The SMILES string of the molecule is CCNC(=O)c1c(O)cccc1F. The van der Waals surface area contributed by atoms with E-state index in [2.05, 4.69) is 5.32 Å². The molecule has 1 amide bonds. The standard InChI is InChI=1S/C9H10FNO2/c1-2-11-9(13)8-6(10)4-3-5-7(8)12/h3-5,12H,2H2,1H3,(H,11,13). The second kappa shape index (κ2) is 3.89. The molecule has 1 aromatic rings. The number of aromatic hydroxyl groups is 1. The smallest absolute Gasteiger partial charge is 0.258 e. The summed E-state index contributed by atoms with van der Waals surface area (Å²) in [5, 5.41) is 11.6. The van der Waals surface area contributed by atoms with E-state index in [0.717, 1.165) is 6.07 Å². The second-order valence-corrected chi connectivity index (χ2v) is 2.49. The first-order valence-electron chi connectivity index (χ1n) is 3.92. The topological polar surface area (TPSA) is 49.3 Å². The van der Waals surface area contributed by atoms with Gasteiger partial charge in [-0.3, -0.25) is 4.79 Å². The molecule has 1 aromatic carbocycles. The van der Waals surface area contributed by atoms with Crippen molar-refractivity contribution in [2.45, 2.75) is 6.92 Å². The molecule has 1 rings (SSSR count). The Morgan fingerprint density at radius 3 is 2.85 bits per heavy atom. The van der Waals surface area contributed by atoms with E-state index in [4.69, 9.17) is 0 Å². The molecule has 3 nitrogen and oxygen atoms in total. The Kier molecular flexibility index (Phi) is 2.84. The molecular weight excluding hydrogens is 173 g/mol. The van der Waals surface area contributed by atoms with Crippen LogP contribution >= 0.6 is 0 Å². The van der Waals surface area contributed by atoms with Gasteiger partial charge >= 0.3 is 0 Å². The van der Waals surface area contributed by atoms with E-state index in [9.17, 15) is 14.3 Å². The van der Waals surface area contributed by atoms with Crippen molar-refractivity contribution >= 4 is 5.91 Å². The summed E-state index contributed by atoms with van der Waals surface area (Å²) in [6.45, 7) is 2.11. The van der Waals surface area contributed by atoms with Crippen molar-refractivity contribution in [1.82, 2.24) is 5.32 Å². The Balaban J connectivity index is 3.05. The van der Waals surface area contributed by atoms with Crippen molar-refractivity contribution in [2.24, 2.45) is 0 Å². The predicted octanol–water partition coefficient (Wildman–Crippen LogP) is 1.28. The average Bonchev–Trinajstić information content (AvgIpc) is 2.04. The van der Waals surface area contributed by atoms with Gasteiger partial charge in [-0.2, -0.15) is 0 Å². The molecule has 4 heteroatoms. The third-order valence-electron chi connectivity index (χ3n) is 1.56. The van der Waals surface area contributed by atoms with E-state index in [0.29, 0.717) is 6.54 Å². The van der Waals surface area contributed by atoms with E-state index < -0.39 is 11.7 Å². The molecule has 0 spiro atoms. The first-order chi connectivity index (χ1) is 6.16. The molecule has 0 aliphatic rings. The normalized spacial score (nSPS) is 9.69. The van der Waals surface area contributed by atoms with Crippen molar-refractivity contribution in [3.8, 4) is 5.75 Å². The summed E-state index contributed by atoms with van der Waals surface area (Å²) in [6.07, 6.45) is 0. The summed E-state index contributed by atoms with van der Waals surface area (Å²) < 4.78 is 13.0. The number of hydrogen-bond acceptors (Lipinski definition) is 2. The third kappa shape index (κ3) is 1.96. The number of phenols is 1. The van der Waals surface area contributed by atoms with Crippen molar-refractivity contribution in [1.29, 1.82) is 0 Å². The molecule has 0 fully saturated rings. The largest absolute Gasteiger partial charge is 0.507 e. The number of nitrogens with one attached hydrogen (secondary N) is 1.